The SMILES string of the molecule is COc1cc2c(cc1OC)CN(CCNC(=O)c1ccccc1-c1nccnc1C(N)=O)CC2. The quantitative estimate of drug-likeness (QED) is 0.527. The first-order valence-corrected chi connectivity index (χ1v) is 11.0. The molecule has 3 N–H and O–H groups in total. The van der Waals surface area contributed by atoms with Crippen molar-refractivity contribution in [2.24, 2.45) is 5.73 Å². The second-order valence-electron chi connectivity index (χ2n) is 7.92. The minimum Gasteiger partial charge on any atom is -0.493 e. The van der Waals surface area contributed by atoms with E-state index in [-0.39, 0.29) is 17.3 Å². The van der Waals surface area contributed by atoms with Gasteiger partial charge >= 0.3 is 0 Å². The molecule has 1 aliphatic heterocycles. The molecular formula is C25H27N5O4. The van der Waals surface area contributed by atoms with E-state index in [2.05, 4.69) is 20.2 Å². The molecule has 9 heteroatoms. The molecule has 0 saturated heterocycles. The van der Waals surface area contributed by atoms with Crippen LogP contribution in [-0.2, 0) is 13.0 Å². The normalized spacial score (nSPS) is 13.1. The lowest BCUT2D eigenvalue weighted by molar-refractivity contribution is 0.0945. The summed E-state index contributed by atoms with van der Waals surface area (Å²) in [5.74, 6) is 0.508. The van der Waals surface area contributed by atoms with Gasteiger partial charge in [-0.2, -0.15) is 0 Å². The summed E-state index contributed by atoms with van der Waals surface area (Å²) < 4.78 is 10.8. The number of rotatable bonds is 8. The van der Waals surface area contributed by atoms with Crippen LogP contribution in [0.5, 0.6) is 11.5 Å². The molecule has 176 valence electrons. The van der Waals surface area contributed by atoms with Crippen molar-refractivity contribution in [3.8, 4) is 22.8 Å². The minimum absolute atomic E-state index is 0.0294. The monoisotopic (exact) mass is 461 g/mol. The van der Waals surface area contributed by atoms with Crippen molar-refractivity contribution >= 4 is 11.8 Å². The molecule has 9 nitrogen and oxygen atoms in total. The summed E-state index contributed by atoms with van der Waals surface area (Å²) >= 11 is 0. The van der Waals surface area contributed by atoms with Gasteiger partial charge in [-0.25, -0.2) is 4.98 Å². The topological polar surface area (TPSA) is 120 Å². The Morgan fingerprint density at radius 2 is 1.76 bits per heavy atom. The Morgan fingerprint density at radius 3 is 2.50 bits per heavy atom. The molecule has 0 unspecified atom stereocenters. The molecule has 1 aromatic heterocycles. The number of amides is 2. The van der Waals surface area contributed by atoms with Gasteiger partial charge in [0.15, 0.2) is 17.2 Å². The van der Waals surface area contributed by atoms with Crippen molar-refractivity contribution < 1.29 is 19.1 Å². The van der Waals surface area contributed by atoms with Gasteiger partial charge in [-0.15, -0.1) is 0 Å². The molecule has 0 fully saturated rings. The Labute approximate surface area is 197 Å². The standard InChI is InChI=1S/C25H27N5O4/c1-33-20-13-16-7-11-30(15-17(16)14-21(20)34-2)12-10-29-25(32)19-6-4-3-5-18(19)22-23(24(26)31)28-9-8-27-22/h3-6,8-9,13-14H,7,10-12,15H2,1-2H3,(H2,26,31)(H,29,32). The van der Waals surface area contributed by atoms with Crippen LogP contribution in [0.3, 0.4) is 0 Å². The lowest BCUT2D eigenvalue weighted by Gasteiger charge is -2.29. The molecule has 4 rings (SSSR count). The summed E-state index contributed by atoms with van der Waals surface area (Å²) in [5, 5.41) is 2.98. The Kier molecular flexibility index (Phi) is 7.03. The fourth-order valence-corrected chi connectivity index (χ4v) is 4.16. The van der Waals surface area contributed by atoms with Gasteiger partial charge in [-0.3, -0.25) is 19.5 Å². The molecule has 0 radical (unpaired) electrons. The predicted octanol–water partition coefficient (Wildman–Crippen LogP) is 2.05. The van der Waals surface area contributed by atoms with Crippen LogP contribution in [-0.4, -0.2) is 60.5 Å². The van der Waals surface area contributed by atoms with Gasteiger partial charge in [-0.1, -0.05) is 18.2 Å². The van der Waals surface area contributed by atoms with Crippen molar-refractivity contribution in [1.29, 1.82) is 0 Å². The zero-order valence-corrected chi connectivity index (χ0v) is 19.2. The van der Waals surface area contributed by atoms with Gasteiger partial charge < -0.3 is 20.5 Å². The van der Waals surface area contributed by atoms with E-state index >= 15 is 0 Å². The largest absolute Gasteiger partial charge is 0.493 e. The van der Waals surface area contributed by atoms with E-state index in [9.17, 15) is 9.59 Å². The van der Waals surface area contributed by atoms with Gasteiger partial charge in [0.2, 0.25) is 0 Å². The van der Waals surface area contributed by atoms with Crippen molar-refractivity contribution in [2.45, 2.75) is 13.0 Å². The highest BCUT2D eigenvalue weighted by molar-refractivity contribution is 6.04. The fourth-order valence-electron chi connectivity index (χ4n) is 4.16. The van der Waals surface area contributed by atoms with Crippen molar-refractivity contribution in [3.63, 3.8) is 0 Å². The Hall–Kier alpha value is -3.98. The van der Waals surface area contributed by atoms with Gasteiger partial charge in [-0.05, 0) is 35.7 Å². The van der Waals surface area contributed by atoms with Gasteiger partial charge in [0.25, 0.3) is 11.8 Å². The number of nitrogens with two attached hydrogens (primary N) is 1. The van der Waals surface area contributed by atoms with E-state index in [0.717, 1.165) is 25.3 Å². The van der Waals surface area contributed by atoms with Crippen molar-refractivity contribution in [1.82, 2.24) is 20.2 Å². The molecule has 0 saturated carbocycles. The molecule has 1 aliphatic rings. The molecule has 2 heterocycles. The second-order valence-corrected chi connectivity index (χ2v) is 7.92. The molecule has 0 atom stereocenters. The third-order valence-electron chi connectivity index (χ3n) is 5.87. The predicted molar refractivity (Wildman–Crippen MR) is 127 cm³/mol. The number of methoxy groups -OCH3 is 2. The highest BCUT2D eigenvalue weighted by Crippen LogP contribution is 2.33. The number of ether oxygens (including phenoxy) is 2. The first-order valence-electron chi connectivity index (χ1n) is 11.0. The molecule has 34 heavy (non-hydrogen) atoms. The summed E-state index contributed by atoms with van der Waals surface area (Å²) in [6.45, 7) is 2.82. The number of nitrogens with one attached hydrogen (secondary N) is 1. The Balaban J connectivity index is 1.42. The van der Waals surface area contributed by atoms with Crippen LogP contribution in [0.15, 0.2) is 48.8 Å². The van der Waals surface area contributed by atoms with Gasteiger partial charge in [0.1, 0.15) is 5.69 Å². The lowest BCUT2D eigenvalue weighted by Crippen LogP contribution is -2.38. The maximum absolute atomic E-state index is 13.0. The van der Waals surface area contributed by atoms with E-state index in [1.807, 2.05) is 12.1 Å². The average molecular weight is 462 g/mol. The Bertz CT molecular complexity index is 1210. The molecule has 0 bridgehead atoms. The number of hydrogen-bond donors (Lipinski definition) is 2. The smallest absolute Gasteiger partial charge is 0.269 e. The molecule has 3 aromatic rings. The third kappa shape index (κ3) is 4.84. The number of primary amides is 1. The number of fused-ring (bicyclic) bond motifs is 1. The first-order chi connectivity index (χ1) is 16.5. The second kappa shape index (κ2) is 10.3. The molecular weight excluding hydrogens is 434 g/mol. The number of carbonyl (C=O) groups excluding carboxylic acids is 2. The van der Waals surface area contributed by atoms with Crippen molar-refractivity contribution in [3.05, 3.63) is 71.2 Å². The molecule has 0 spiro atoms. The van der Waals surface area contributed by atoms with Crippen LogP contribution in [0.1, 0.15) is 32.0 Å². The highest BCUT2D eigenvalue weighted by atomic mass is 16.5. The van der Waals surface area contributed by atoms with Crippen LogP contribution in [0.25, 0.3) is 11.3 Å². The van der Waals surface area contributed by atoms with Crippen LogP contribution in [0, 0.1) is 0 Å². The van der Waals surface area contributed by atoms with Gasteiger partial charge in [0.05, 0.1) is 14.2 Å². The molecule has 0 aliphatic carbocycles. The first kappa shape index (κ1) is 23.2. The van der Waals surface area contributed by atoms with Gasteiger partial charge in [0, 0.05) is 49.7 Å². The number of aromatic nitrogens is 2. The maximum Gasteiger partial charge on any atom is 0.269 e. The zero-order valence-electron chi connectivity index (χ0n) is 19.2. The number of carbonyl (C=O) groups is 2. The molecule has 2 amide bonds. The van der Waals surface area contributed by atoms with E-state index in [4.69, 9.17) is 15.2 Å². The van der Waals surface area contributed by atoms with E-state index < -0.39 is 5.91 Å². The third-order valence-corrected chi connectivity index (χ3v) is 5.87. The number of hydrogen-bond acceptors (Lipinski definition) is 7. The number of nitrogens with zero attached hydrogens (tertiary/aromatic N) is 3. The Morgan fingerprint density at radius 1 is 1.06 bits per heavy atom. The van der Waals surface area contributed by atoms with E-state index in [1.165, 1.54) is 23.5 Å². The van der Waals surface area contributed by atoms with Crippen LogP contribution in [0.4, 0.5) is 0 Å². The number of benzene rings is 2. The van der Waals surface area contributed by atoms with Crippen molar-refractivity contribution in [2.75, 3.05) is 33.9 Å². The van der Waals surface area contributed by atoms with E-state index in [1.54, 1.807) is 38.5 Å². The fraction of sp³-hybridized carbons (Fsp3) is 0.280. The highest BCUT2D eigenvalue weighted by Gasteiger charge is 2.21. The van der Waals surface area contributed by atoms with Crippen LogP contribution in [0.2, 0.25) is 0 Å². The minimum atomic E-state index is -0.696. The zero-order chi connectivity index (χ0) is 24.1. The average Bonchev–Trinajstić information content (AvgIpc) is 2.87. The van der Waals surface area contributed by atoms with Crippen LogP contribution >= 0.6 is 0 Å². The summed E-state index contributed by atoms with van der Waals surface area (Å²) in [5.41, 5.74) is 9.13. The van der Waals surface area contributed by atoms with Crippen LogP contribution < -0.4 is 20.5 Å². The maximum atomic E-state index is 13.0. The molecule has 2 aromatic carbocycles. The summed E-state index contributed by atoms with van der Waals surface area (Å²) in [7, 11) is 3.27. The summed E-state index contributed by atoms with van der Waals surface area (Å²) in [6, 6.07) is 11.0. The lowest BCUT2D eigenvalue weighted by atomic mass is 9.99. The summed E-state index contributed by atoms with van der Waals surface area (Å²) in [6.07, 6.45) is 3.76. The van der Waals surface area contributed by atoms with E-state index in [0.29, 0.717) is 30.0 Å². The summed E-state index contributed by atoms with van der Waals surface area (Å²) in [4.78, 5) is 35.3.